The molecule has 102 valence electrons. The molecule has 0 heterocycles. The molecule has 0 aromatic rings. The molecular weight excluding hydrogens is 257 g/mol. The standard InChI is InChI=1S/C9H17F3N2O2S/c10-9(11,12)7-14-17(15,16)6-2-1-5-13-8-3-4-8/h8,13-14H,1-7H2. The summed E-state index contributed by atoms with van der Waals surface area (Å²) in [5, 5.41) is 3.20. The van der Waals surface area contributed by atoms with Crippen molar-refractivity contribution in [2.24, 2.45) is 0 Å². The normalized spacial score (nSPS) is 17.4. The molecule has 2 N–H and O–H groups in total. The number of halogens is 3. The lowest BCUT2D eigenvalue weighted by Crippen LogP contribution is -2.35. The average molecular weight is 274 g/mol. The van der Waals surface area contributed by atoms with Crippen LogP contribution < -0.4 is 10.0 Å². The second kappa shape index (κ2) is 6.01. The number of alkyl halides is 3. The van der Waals surface area contributed by atoms with Crippen LogP contribution in [0.2, 0.25) is 0 Å². The summed E-state index contributed by atoms with van der Waals surface area (Å²) in [6, 6.07) is 0.565. The molecule has 1 aliphatic rings. The molecule has 8 heteroatoms. The highest BCUT2D eigenvalue weighted by Gasteiger charge is 2.29. The van der Waals surface area contributed by atoms with Crippen LogP contribution in [0.5, 0.6) is 0 Å². The molecule has 17 heavy (non-hydrogen) atoms. The topological polar surface area (TPSA) is 58.2 Å². The van der Waals surface area contributed by atoms with Crippen LogP contribution in [0.25, 0.3) is 0 Å². The largest absolute Gasteiger partial charge is 0.402 e. The molecule has 0 aliphatic heterocycles. The number of hydrogen-bond donors (Lipinski definition) is 2. The van der Waals surface area contributed by atoms with Gasteiger partial charge in [-0.1, -0.05) is 0 Å². The highest BCUT2D eigenvalue weighted by molar-refractivity contribution is 7.89. The monoisotopic (exact) mass is 274 g/mol. The second-order valence-electron chi connectivity index (χ2n) is 4.19. The van der Waals surface area contributed by atoms with E-state index in [4.69, 9.17) is 0 Å². The third-order valence-corrected chi connectivity index (χ3v) is 3.75. The first-order valence-electron chi connectivity index (χ1n) is 5.56. The zero-order valence-corrected chi connectivity index (χ0v) is 10.2. The molecule has 0 spiro atoms. The van der Waals surface area contributed by atoms with Gasteiger partial charge >= 0.3 is 6.18 Å². The molecule has 0 aromatic heterocycles. The summed E-state index contributed by atoms with van der Waals surface area (Å²) in [6.45, 7) is -0.769. The van der Waals surface area contributed by atoms with E-state index < -0.39 is 22.7 Å². The molecule has 0 aromatic carbocycles. The van der Waals surface area contributed by atoms with Crippen molar-refractivity contribution >= 4 is 10.0 Å². The van der Waals surface area contributed by atoms with Gasteiger partial charge in [0.1, 0.15) is 6.54 Å². The van der Waals surface area contributed by atoms with Gasteiger partial charge < -0.3 is 5.32 Å². The van der Waals surface area contributed by atoms with E-state index in [1.807, 2.05) is 0 Å². The molecule has 1 rings (SSSR count). The predicted octanol–water partition coefficient (Wildman–Crippen LogP) is 1.00. The van der Waals surface area contributed by atoms with Crippen molar-refractivity contribution in [2.45, 2.75) is 37.9 Å². The first kappa shape index (κ1) is 14.7. The Labute approximate surface area is 99.0 Å². The number of nitrogens with one attached hydrogen (secondary N) is 2. The van der Waals surface area contributed by atoms with E-state index in [0.29, 0.717) is 18.9 Å². The van der Waals surface area contributed by atoms with Gasteiger partial charge in [0, 0.05) is 6.04 Å². The van der Waals surface area contributed by atoms with Crippen molar-refractivity contribution in [3.63, 3.8) is 0 Å². The van der Waals surface area contributed by atoms with E-state index in [1.165, 1.54) is 4.72 Å². The summed E-state index contributed by atoms with van der Waals surface area (Å²) < 4.78 is 59.2. The minimum Gasteiger partial charge on any atom is -0.314 e. The van der Waals surface area contributed by atoms with Gasteiger partial charge in [-0.3, -0.25) is 0 Å². The van der Waals surface area contributed by atoms with E-state index in [1.54, 1.807) is 0 Å². The molecule has 1 aliphatic carbocycles. The van der Waals surface area contributed by atoms with Gasteiger partial charge in [0.2, 0.25) is 10.0 Å². The molecule has 0 radical (unpaired) electrons. The van der Waals surface area contributed by atoms with Crippen LogP contribution in [0.1, 0.15) is 25.7 Å². The lowest BCUT2D eigenvalue weighted by atomic mass is 10.3. The third-order valence-electron chi connectivity index (χ3n) is 2.34. The van der Waals surface area contributed by atoms with Crippen LogP contribution >= 0.6 is 0 Å². The van der Waals surface area contributed by atoms with E-state index in [9.17, 15) is 21.6 Å². The molecule has 0 amide bonds. The van der Waals surface area contributed by atoms with Crippen molar-refractivity contribution in [2.75, 3.05) is 18.8 Å². The summed E-state index contributed by atoms with van der Waals surface area (Å²) in [4.78, 5) is 0. The molecule has 1 saturated carbocycles. The number of rotatable bonds is 8. The van der Waals surface area contributed by atoms with Gasteiger partial charge in [-0.2, -0.15) is 13.2 Å². The maximum absolute atomic E-state index is 11.8. The Balaban J connectivity index is 2.06. The molecular formula is C9H17F3N2O2S. The fraction of sp³-hybridized carbons (Fsp3) is 1.00. The molecule has 0 bridgehead atoms. The second-order valence-corrected chi connectivity index (χ2v) is 6.12. The maximum Gasteiger partial charge on any atom is 0.402 e. The number of unbranched alkanes of at least 4 members (excludes halogenated alkanes) is 1. The van der Waals surface area contributed by atoms with Crippen molar-refractivity contribution in [1.29, 1.82) is 0 Å². The van der Waals surface area contributed by atoms with Gasteiger partial charge in [-0.05, 0) is 32.2 Å². The van der Waals surface area contributed by atoms with Crippen LogP contribution in [-0.2, 0) is 10.0 Å². The molecule has 0 atom stereocenters. The quantitative estimate of drug-likeness (QED) is 0.649. The Kier molecular flexibility index (Phi) is 5.21. The lowest BCUT2D eigenvalue weighted by Gasteiger charge is -2.09. The predicted molar refractivity (Wildman–Crippen MR) is 58.1 cm³/mol. The Hall–Kier alpha value is -0.340. The lowest BCUT2D eigenvalue weighted by molar-refractivity contribution is -0.121. The number of sulfonamides is 1. The Morgan fingerprint density at radius 2 is 1.82 bits per heavy atom. The summed E-state index contributed by atoms with van der Waals surface area (Å²) in [5.41, 5.74) is 0. The molecule has 0 unspecified atom stereocenters. The fourth-order valence-electron chi connectivity index (χ4n) is 1.27. The Morgan fingerprint density at radius 1 is 1.18 bits per heavy atom. The third kappa shape index (κ3) is 8.39. The summed E-state index contributed by atoms with van der Waals surface area (Å²) >= 11 is 0. The van der Waals surface area contributed by atoms with E-state index in [0.717, 1.165) is 19.4 Å². The zero-order valence-electron chi connectivity index (χ0n) is 9.39. The number of hydrogen-bond acceptors (Lipinski definition) is 3. The molecule has 1 fully saturated rings. The van der Waals surface area contributed by atoms with Crippen molar-refractivity contribution in [3.8, 4) is 0 Å². The minimum absolute atomic E-state index is 0.255. The van der Waals surface area contributed by atoms with E-state index in [2.05, 4.69) is 5.32 Å². The van der Waals surface area contributed by atoms with Crippen LogP contribution in [0.4, 0.5) is 13.2 Å². The van der Waals surface area contributed by atoms with Gasteiger partial charge in [-0.25, -0.2) is 13.1 Å². The first-order chi connectivity index (χ1) is 7.79. The highest BCUT2D eigenvalue weighted by atomic mass is 32.2. The Morgan fingerprint density at radius 3 is 2.35 bits per heavy atom. The van der Waals surface area contributed by atoms with E-state index in [-0.39, 0.29) is 5.75 Å². The minimum atomic E-state index is -4.50. The highest BCUT2D eigenvalue weighted by Crippen LogP contribution is 2.18. The summed E-state index contributed by atoms with van der Waals surface area (Å²) in [7, 11) is -3.80. The van der Waals surface area contributed by atoms with Crippen LogP contribution in [0.15, 0.2) is 0 Å². The fourth-order valence-corrected chi connectivity index (χ4v) is 2.39. The van der Waals surface area contributed by atoms with Gasteiger partial charge in [0.05, 0.1) is 5.75 Å². The van der Waals surface area contributed by atoms with Crippen LogP contribution in [0.3, 0.4) is 0 Å². The summed E-state index contributed by atoms with van der Waals surface area (Å²) in [5.74, 6) is -0.255. The molecule has 0 saturated heterocycles. The zero-order chi connectivity index (χ0) is 12.9. The van der Waals surface area contributed by atoms with Crippen molar-refractivity contribution < 1.29 is 21.6 Å². The Bertz CT molecular complexity index is 326. The smallest absolute Gasteiger partial charge is 0.314 e. The molecule has 4 nitrogen and oxygen atoms in total. The van der Waals surface area contributed by atoms with Gasteiger partial charge in [0.15, 0.2) is 0 Å². The average Bonchev–Trinajstić information content (AvgIpc) is 2.97. The van der Waals surface area contributed by atoms with Gasteiger partial charge in [0.25, 0.3) is 0 Å². The summed E-state index contributed by atoms with van der Waals surface area (Å²) in [6.07, 6.45) is -1.16. The van der Waals surface area contributed by atoms with Crippen LogP contribution in [-0.4, -0.2) is 39.5 Å². The first-order valence-corrected chi connectivity index (χ1v) is 7.21. The van der Waals surface area contributed by atoms with E-state index >= 15 is 0 Å². The van der Waals surface area contributed by atoms with Crippen molar-refractivity contribution in [3.05, 3.63) is 0 Å². The van der Waals surface area contributed by atoms with Crippen molar-refractivity contribution in [1.82, 2.24) is 10.0 Å². The maximum atomic E-state index is 11.8. The SMILES string of the molecule is O=S(=O)(CCCCNC1CC1)NCC(F)(F)F. The van der Waals surface area contributed by atoms with Gasteiger partial charge in [-0.15, -0.1) is 0 Å². The van der Waals surface area contributed by atoms with Crippen LogP contribution in [0, 0.1) is 0 Å².